The average molecular weight is 419 g/mol. The van der Waals surface area contributed by atoms with Crippen LogP contribution in [-0.4, -0.2) is 27.6 Å². The van der Waals surface area contributed by atoms with E-state index in [1.807, 2.05) is 32.0 Å². The molecule has 2 aromatic rings. The van der Waals surface area contributed by atoms with Crippen molar-refractivity contribution in [3.63, 3.8) is 0 Å². The van der Waals surface area contributed by atoms with Gasteiger partial charge in [0.05, 0.1) is 11.4 Å². The fraction of sp³-hybridized carbons (Fsp3) is 0.500. The molecule has 0 saturated carbocycles. The standard InChI is InChI=1S/C22H31ClN4O2/c1-6-15(2)24-20(28)8-7-9-21(29)25-19-14-18(22(3,4)5)26-27(19)17-12-10-16(23)11-13-17/h10-15H,6-9H2,1-5H3,(H,24,28)(H,25,29)/t15-/m0/s1. The van der Waals surface area contributed by atoms with E-state index in [4.69, 9.17) is 11.6 Å². The fourth-order valence-electron chi connectivity index (χ4n) is 2.68. The minimum Gasteiger partial charge on any atom is -0.354 e. The average Bonchev–Trinajstić information content (AvgIpc) is 3.06. The topological polar surface area (TPSA) is 76.0 Å². The molecule has 0 saturated heterocycles. The molecule has 2 amide bonds. The molecule has 6 nitrogen and oxygen atoms in total. The van der Waals surface area contributed by atoms with Crippen molar-refractivity contribution in [2.24, 2.45) is 0 Å². The van der Waals surface area contributed by atoms with Gasteiger partial charge in [0.25, 0.3) is 0 Å². The Morgan fingerprint density at radius 2 is 1.76 bits per heavy atom. The van der Waals surface area contributed by atoms with Crippen LogP contribution in [0.2, 0.25) is 5.02 Å². The van der Waals surface area contributed by atoms with Gasteiger partial charge in [-0.15, -0.1) is 0 Å². The number of benzene rings is 1. The van der Waals surface area contributed by atoms with Crippen LogP contribution >= 0.6 is 11.6 Å². The Balaban J connectivity index is 2.06. The number of rotatable bonds is 8. The first kappa shape index (κ1) is 22.9. The molecule has 0 bridgehead atoms. The maximum absolute atomic E-state index is 12.5. The maximum atomic E-state index is 12.5. The molecule has 0 fully saturated rings. The Kier molecular flexibility index (Phi) is 7.85. The normalized spacial score (nSPS) is 12.5. The first-order valence-electron chi connectivity index (χ1n) is 10.1. The predicted octanol–water partition coefficient (Wildman–Crippen LogP) is 4.85. The number of amides is 2. The predicted molar refractivity (Wildman–Crippen MR) is 118 cm³/mol. The van der Waals surface area contributed by atoms with E-state index in [-0.39, 0.29) is 29.7 Å². The molecule has 2 N–H and O–H groups in total. The summed E-state index contributed by atoms with van der Waals surface area (Å²) in [5, 5.41) is 11.2. The van der Waals surface area contributed by atoms with E-state index < -0.39 is 0 Å². The summed E-state index contributed by atoms with van der Waals surface area (Å²) in [7, 11) is 0. The van der Waals surface area contributed by atoms with Gasteiger partial charge >= 0.3 is 0 Å². The highest BCUT2D eigenvalue weighted by Gasteiger charge is 2.21. The van der Waals surface area contributed by atoms with E-state index in [1.165, 1.54) is 0 Å². The lowest BCUT2D eigenvalue weighted by molar-refractivity contribution is -0.122. The van der Waals surface area contributed by atoms with Gasteiger partial charge in [-0.2, -0.15) is 5.10 Å². The Morgan fingerprint density at radius 1 is 1.14 bits per heavy atom. The number of carbonyl (C=O) groups is 2. The van der Waals surface area contributed by atoms with Crippen molar-refractivity contribution in [3.05, 3.63) is 41.0 Å². The molecular weight excluding hydrogens is 388 g/mol. The number of aromatic nitrogens is 2. The minimum absolute atomic E-state index is 0.0200. The third kappa shape index (κ3) is 6.89. The molecule has 29 heavy (non-hydrogen) atoms. The highest BCUT2D eigenvalue weighted by Crippen LogP contribution is 2.27. The SMILES string of the molecule is CC[C@H](C)NC(=O)CCCC(=O)Nc1cc(C(C)(C)C)nn1-c1ccc(Cl)cc1. The van der Waals surface area contributed by atoms with Crippen molar-refractivity contribution in [2.45, 2.75) is 71.8 Å². The molecule has 1 heterocycles. The van der Waals surface area contributed by atoms with Gasteiger partial charge in [0, 0.05) is 35.4 Å². The summed E-state index contributed by atoms with van der Waals surface area (Å²) in [5.74, 6) is 0.441. The second-order valence-corrected chi connectivity index (χ2v) is 8.77. The Bertz CT molecular complexity index is 837. The molecule has 1 aromatic heterocycles. The second-order valence-electron chi connectivity index (χ2n) is 8.33. The Hall–Kier alpha value is -2.34. The van der Waals surface area contributed by atoms with Gasteiger partial charge in [-0.1, -0.05) is 39.3 Å². The van der Waals surface area contributed by atoms with E-state index in [2.05, 4.69) is 36.5 Å². The molecule has 0 aliphatic rings. The minimum atomic E-state index is -0.161. The quantitative estimate of drug-likeness (QED) is 0.643. The van der Waals surface area contributed by atoms with E-state index in [9.17, 15) is 9.59 Å². The lowest BCUT2D eigenvalue weighted by atomic mass is 9.92. The summed E-state index contributed by atoms with van der Waals surface area (Å²) in [6, 6.07) is 9.34. The molecule has 0 spiro atoms. The largest absolute Gasteiger partial charge is 0.354 e. The third-order valence-electron chi connectivity index (χ3n) is 4.64. The summed E-state index contributed by atoms with van der Waals surface area (Å²) in [6.07, 6.45) is 1.98. The molecule has 0 radical (unpaired) electrons. The monoisotopic (exact) mass is 418 g/mol. The van der Waals surface area contributed by atoms with Crippen molar-refractivity contribution in [3.8, 4) is 5.69 Å². The van der Waals surface area contributed by atoms with E-state index in [0.717, 1.165) is 17.8 Å². The molecule has 158 valence electrons. The summed E-state index contributed by atoms with van der Waals surface area (Å²) < 4.78 is 1.71. The lowest BCUT2D eigenvalue weighted by Crippen LogP contribution is -2.31. The van der Waals surface area contributed by atoms with Crippen LogP contribution in [0.4, 0.5) is 5.82 Å². The van der Waals surface area contributed by atoms with Crippen molar-refractivity contribution in [1.82, 2.24) is 15.1 Å². The van der Waals surface area contributed by atoms with Gasteiger partial charge in [-0.3, -0.25) is 9.59 Å². The zero-order valence-corrected chi connectivity index (χ0v) is 18.6. The van der Waals surface area contributed by atoms with Crippen molar-refractivity contribution >= 4 is 29.2 Å². The molecule has 2 rings (SSSR count). The van der Waals surface area contributed by atoms with Crippen LogP contribution in [-0.2, 0) is 15.0 Å². The number of hydrogen-bond acceptors (Lipinski definition) is 3. The molecule has 1 aromatic carbocycles. The van der Waals surface area contributed by atoms with Crippen LogP contribution in [0.25, 0.3) is 5.69 Å². The molecule has 0 aliphatic heterocycles. The zero-order chi connectivity index (χ0) is 21.6. The number of hydrogen-bond donors (Lipinski definition) is 2. The molecule has 0 aliphatic carbocycles. The number of nitrogens with zero attached hydrogens (tertiary/aromatic N) is 2. The Morgan fingerprint density at radius 3 is 2.34 bits per heavy atom. The zero-order valence-electron chi connectivity index (χ0n) is 17.9. The van der Waals surface area contributed by atoms with Crippen molar-refractivity contribution < 1.29 is 9.59 Å². The third-order valence-corrected chi connectivity index (χ3v) is 4.90. The van der Waals surface area contributed by atoms with E-state index in [1.54, 1.807) is 16.8 Å². The highest BCUT2D eigenvalue weighted by molar-refractivity contribution is 6.30. The van der Waals surface area contributed by atoms with E-state index in [0.29, 0.717) is 23.7 Å². The van der Waals surface area contributed by atoms with Crippen molar-refractivity contribution in [1.29, 1.82) is 0 Å². The lowest BCUT2D eigenvalue weighted by Gasteiger charge is -2.14. The molecule has 0 unspecified atom stereocenters. The van der Waals surface area contributed by atoms with Crippen LogP contribution in [0.1, 0.15) is 66.0 Å². The van der Waals surface area contributed by atoms with Gasteiger partial charge in [0.15, 0.2) is 0 Å². The van der Waals surface area contributed by atoms with Crippen molar-refractivity contribution in [2.75, 3.05) is 5.32 Å². The first-order valence-corrected chi connectivity index (χ1v) is 10.4. The fourth-order valence-corrected chi connectivity index (χ4v) is 2.81. The number of carbonyl (C=O) groups excluding carboxylic acids is 2. The van der Waals surface area contributed by atoms with Gasteiger partial charge in [0.2, 0.25) is 11.8 Å². The summed E-state index contributed by atoms with van der Waals surface area (Å²) in [6.45, 7) is 10.2. The van der Waals surface area contributed by atoms with Crippen LogP contribution in [0, 0.1) is 0 Å². The first-order chi connectivity index (χ1) is 13.6. The van der Waals surface area contributed by atoms with Gasteiger partial charge in [-0.05, 0) is 44.0 Å². The van der Waals surface area contributed by atoms with Gasteiger partial charge < -0.3 is 10.6 Å². The second kappa shape index (κ2) is 9.92. The van der Waals surface area contributed by atoms with Crippen LogP contribution < -0.4 is 10.6 Å². The molecule has 7 heteroatoms. The summed E-state index contributed by atoms with van der Waals surface area (Å²) in [4.78, 5) is 24.3. The smallest absolute Gasteiger partial charge is 0.225 e. The molecular formula is C22H31ClN4O2. The van der Waals surface area contributed by atoms with Crippen LogP contribution in [0.15, 0.2) is 30.3 Å². The number of halogens is 1. The molecule has 1 atom stereocenters. The summed E-state index contributed by atoms with van der Waals surface area (Å²) >= 11 is 5.99. The number of anilines is 1. The van der Waals surface area contributed by atoms with E-state index >= 15 is 0 Å². The van der Waals surface area contributed by atoms with Gasteiger partial charge in [-0.25, -0.2) is 4.68 Å². The van der Waals surface area contributed by atoms with Crippen LogP contribution in [0.5, 0.6) is 0 Å². The Labute approximate surface area is 178 Å². The maximum Gasteiger partial charge on any atom is 0.225 e. The van der Waals surface area contributed by atoms with Crippen LogP contribution in [0.3, 0.4) is 0 Å². The highest BCUT2D eigenvalue weighted by atomic mass is 35.5. The number of nitrogens with one attached hydrogen (secondary N) is 2. The summed E-state index contributed by atoms with van der Waals surface area (Å²) in [5.41, 5.74) is 1.52. The van der Waals surface area contributed by atoms with Gasteiger partial charge in [0.1, 0.15) is 5.82 Å².